The Labute approximate surface area is 146 Å². The van der Waals surface area contributed by atoms with E-state index in [2.05, 4.69) is 11.9 Å². The summed E-state index contributed by atoms with van der Waals surface area (Å²) in [6.07, 6.45) is 1.34. The Kier molecular flexibility index (Phi) is 6.08. The molecule has 0 heterocycles. The summed E-state index contributed by atoms with van der Waals surface area (Å²) in [6.45, 7) is 3.60. The Balaban J connectivity index is 2.44. The highest BCUT2D eigenvalue weighted by Crippen LogP contribution is 2.31. The van der Waals surface area contributed by atoms with Crippen LogP contribution in [0.4, 0.5) is 0 Å². The summed E-state index contributed by atoms with van der Waals surface area (Å²) in [5.41, 5.74) is -0.960. The standard InChI is InChI=1S/C20H21NO4/c1-3-14-20(24,19(23)25-2)17(15-10-6-4-7-11-15)21-18(22)16-12-8-5-9-13-16/h3-13,17,24H,1,14H2,2H3,(H,21,22)/t17-,20+/m1/s1. The minimum Gasteiger partial charge on any atom is -0.467 e. The predicted octanol–water partition coefficient (Wildman–Crippen LogP) is 2.64. The van der Waals surface area contributed by atoms with Crippen molar-refractivity contribution in [3.63, 3.8) is 0 Å². The Bertz CT molecular complexity index is 730. The first-order valence-corrected chi connectivity index (χ1v) is 7.85. The lowest BCUT2D eigenvalue weighted by Crippen LogP contribution is -2.52. The molecule has 0 unspecified atom stereocenters. The number of rotatable bonds is 7. The quantitative estimate of drug-likeness (QED) is 0.601. The second-order valence-corrected chi connectivity index (χ2v) is 5.59. The van der Waals surface area contributed by atoms with E-state index in [1.165, 1.54) is 13.2 Å². The number of esters is 1. The minimum atomic E-state index is -1.97. The number of hydrogen-bond acceptors (Lipinski definition) is 4. The van der Waals surface area contributed by atoms with E-state index < -0.39 is 23.5 Å². The van der Waals surface area contributed by atoms with Gasteiger partial charge in [0, 0.05) is 12.0 Å². The molecule has 1 amide bonds. The number of nitrogens with one attached hydrogen (secondary N) is 1. The normalized spacial score (nSPS) is 14.0. The maximum atomic E-state index is 12.6. The molecule has 2 atom stereocenters. The van der Waals surface area contributed by atoms with Crippen LogP contribution in [0.2, 0.25) is 0 Å². The summed E-state index contributed by atoms with van der Waals surface area (Å²) in [6, 6.07) is 16.4. The Morgan fingerprint density at radius 1 is 1.16 bits per heavy atom. The first-order valence-electron chi connectivity index (χ1n) is 7.85. The van der Waals surface area contributed by atoms with Crippen LogP contribution in [0.15, 0.2) is 73.3 Å². The highest BCUT2D eigenvalue weighted by molar-refractivity contribution is 5.95. The molecule has 2 aromatic carbocycles. The van der Waals surface area contributed by atoms with Gasteiger partial charge in [-0.05, 0) is 17.7 Å². The molecule has 0 radical (unpaired) electrons. The van der Waals surface area contributed by atoms with Gasteiger partial charge in [0.15, 0.2) is 5.60 Å². The lowest BCUT2D eigenvalue weighted by Gasteiger charge is -2.34. The Morgan fingerprint density at radius 2 is 1.72 bits per heavy atom. The second kappa shape index (κ2) is 8.26. The Morgan fingerprint density at radius 3 is 2.24 bits per heavy atom. The van der Waals surface area contributed by atoms with Crippen LogP contribution in [-0.2, 0) is 9.53 Å². The van der Waals surface area contributed by atoms with Crippen LogP contribution >= 0.6 is 0 Å². The molecule has 0 spiro atoms. The van der Waals surface area contributed by atoms with Crippen molar-refractivity contribution >= 4 is 11.9 Å². The SMILES string of the molecule is C=CC[C@@](O)(C(=O)OC)[C@H](NC(=O)c1ccccc1)c1ccccc1. The van der Waals surface area contributed by atoms with Crippen molar-refractivity contribution in [2.45, 2.75) is 18.1 Å². The van der Waals surface area contributed by atoms with Crippen LogP contribution in [0.25, 0.3) is 0 Å². The molecule has 0 aromatic heterocycles. The van der Waals surface area contributed by atoms with Gasteiger partial charge < -0.3 is 15.2 Å². The average Bonchev–Trinajstić information content (AvgIpc) is 2.66. The summed E-state index contributed by atoms with van der Waals surface area (Å²) in [5.74, 6) is -1.24. The third-order valence-electron chi connectivity index (χ3n) is 3.92. The third-order valence-corrected chi connectivity index (χ3v) is 3.92. The van der Waals surface area contributed by atoms with E-state index >= 15 is 0 Å². The van der Waals surface area contributed by atoms with Crippen molar-refractivity contribution in [3.8, 4) is 0 Å². The van der Waals surface area contributed by atoms with Crippen molar-refractivity contribution in [3.05, 3.63) is 84.4 Å². The van der Waals surface area contributed by atoms with Crippen LogP contribution in [0.1, 0.15) is 28.4 Å². The number of carbonyl (C=O) groups excluding carboxylic acids is 2. The van der Waals surface area contributed by atoms with Crippen LogP contribution in [0.3, 0.4) is 0 Å². The molecule has 0 aliphatic carbocycles. The number of methoxy groups -OCH3 is 1. The van der Waals surface area contributed by atoms with Gasteiger partial charge in [-0.15, -0.1) is 6.58 Å². The van der Waals surface area contributed by atoms with Crippen molar-refractivity contribution in [2.75, 3.05) is 7.11 Å². The zero-order valence-corrected chi connectivity index (χ0v) is 14.0. The number of ether oxygens (including phenoxy) is 1. The van der Waals surface area contributed by atoms with Gasteiger partial charge in [0.2, 0.25) is 0 Å². The van der Waals surface area contributed by atoms with Gasteiger partial charge in [0.1, 0.15) is 0 Å². The fourth-order valence-corrected chi connectivity index (χ4v) is 2.64. The molecule has 2 N–H and O–H groups in total. The number of carbonyl (C=O) groups is 2. The maximum absolute atomic E-state index is 12.6. The summed E-state index contributed by atoms with van der Waals surface area (Å²) in [4.78, 5) is 24.9. The van der Waals surface area contributed by atoms with Gasteiger partial charge in [-0.25, -0.2) is 4.79 Å². The summed E-state index contributed by atoms with van der Waals surface area (Å²) >= 11 is 0. The molecule has 0 saturated heterocycles. The first kappa shape index (κ1) is 18.4. The molecular formula is C20H21NO4. The van der Waals surface area contributed by atoms with E-state index in [1.807, 2.05) is 6.07 Å². The second-order valence-electron chi connectivity index (χ2n) is 5.59. The van der Waals surface area contributed by atoms with Crippen LogP contribution in [0, 0.1) is 0 Å². The highest BCUT2D eigenvalue weighted by Gasteiger charge is 2.46. The lowest BCUT2D eigenvalue weighted by atomic mass is 9.85. The number of amides is 1. The van der Waals surface area contributed by atoms with Gasteiger partial charge in [0.05, 0.1) is 13.2 Å². The zero-order chi connectivity index (χ0) is 18.3. The van der Waals surface area contributed by atoms with E-state index in [0.29, 0.717) is 11.1 Å². The van der Waals surface area contributed by atoms with E-state index in [9.17, 15) is 14.7 Å². The Hall–Kier alpha value is -2.92. The molecule has 5 nitrogen and oxygen atoms in total. The van der Waals surface area contributed by atoms with Crippen LogP contribution < -0.4 is 5.32 Å². The van der Waals surface area contributed by atoms with Crippen molar-refractivity contribution in [2.24, 2.45) is 0 Å². The fourth-order valence-electron chi connectivity index (χ4n) is 2.64. The number of hydrogen-bond donors (Lipinski definition) is 2. The molecule has 0 bridgehead atoms. The minimum absolute atomic E-state index is 0.0751. The molecule has 130 valence electrons. The van der Waals surface area contributed by atoms with E-state index in [0.717, 1.165) is 0 Å². The van der Waals surface area contributed by atoms with Gasteiger partial charge in [-0.2, -0.15) is 0 Å². The number of benzene rings is 2. The molecule has 0 aliphatic rings. The van der Waals surface area contributed by atoms with E-state index in [1.54, 1.807) is 54.6 Å². The molecule has 2 rings (SSSR count). The zero-order valence-electron chi connectivity index (χ0n) is 14.0. The van der Waals surface area contributed by atoms with E-state index in [4.69, 9.17) is 4.74 Å². The molecule has 5 heteroatoms. The molecule has 0 saturated carbocycles. The van der Waals surface area contributed by atoms with Crippen LogP contribution in [-0.4, -0.2) is 29.7 Å². The first-order chi connectivity index (χ1) is 12.0. The fraction of sp³-hybridized carbons (Fsp3) is 0.200. The van der Waals surface area contributed by atoms with Gasteiger partial charge in [-0.3, -0.25) is 4.79 Å². The topological polar surface area (TPSA) is 75.6 Å². The van der Waals surface area contributed by atoms with Crippen molar-refractivity contribution in [1.82, 2.24) is 5.32 Å². The molecule has 25 heavy (non-hydrogen) atoms. The number of aliphatic hydroxyl groups is 1. The largest absolute Gasteiger partial charge is 0.467 e. The third kappa shape index (κ3) is 4.14. The monoisotopic (exact) mass is 339 g/mol. The van der Waals surface area contributed by atoms with Gasteiger partial charge in [0.25, 0.3) is 5.91 Å². The summed E-state index contributed by atoms with van der Waals surface area (Å²) in [7, 11) is 1.19. The van der Waals surface area contributed by atoms with Gasteiger partial charge >= 0.3 is 5.97 Å². The average molecular weight is 339 g/mol. The molecule has 0 aliphatic heterocycles. The smallest absolute Gasteiger partial charge is 0.340 e. The van der Waals surface area contributed by atoms with Gasteiger partial charge in [-0.1, -0.05) is 54.6 Å². The van der Waals surface area contributed by atoms with E-state index in [-0.39, 0.29) is 6.42 Å². The molecule has 0 fully saturated rings. The summed E-state index contributed by atoms with van der Waals surface area (Å²) in [5, 5.41) is 13.8. The van der Waals surface area contributed by atoms with Crippen LogP contribution in [0.5, 0.6) is 0 Å². The highest BCUT2D eigenvalue weighted by atomic mass is 16.5. The maximum Gasteiger partial charge on any atom is 0.340 e. The van der Waals surface area contributed by atoms with Crippen molar-refractivity contribution in [1.29, 1.82) is 0 Å². The lowest BCUT2D eigenvalue weighted by molar-refractivity contribution is -0.165. The predicted molar refractivity (Wildman–Crippen MR) is 94.9 cm³/mol. The molecular weight excluding hydrogens is 318 g/mol. The van der Waals surface area contributed by atoms with Crippen molar-refractivity contribution < 1.29 is 19.4 Å². The summed E-state index contributed by atoms with van der Waals surface area (Å²) < 4.78 is 4.77. The molecule has 2 aromatic rings.